The van der Waals surface area contributed by atoms with Crippen LogP contribution in [-0.4, -0.2) is 82.7 Å². The van der Waals surface area contributed by atoms with Crippen LogP contribution in [0.4, 0.5) is 5.69 Å². The molecule has 2 saturated heterocycles. The maximum absolute atomic E-state index is 14.5. The first kappa shape index (κ1) is 26.6. The molecule has 3 amide bonds. The molecule has 1 spiro atoms. The average Bonchev–Trinajstić information content (AvgIpc) is 3.14. The smallest absolute Gasteiger partial charge is 0.253 e. The van der Waals surface area contributed by atoms with Crippen LogP contribution in [0.3, 0.4) is 0 Å². The number of hydrogen-bond acceptors (Lipinski definition) is 5. The molecule has 0 aromatic heterocycles. The maximum Gasteiger partial charge on any atom is 0.253 e. The van der Waals surface area contributed by atoms with Gasteiger partial charge in [0.2, 0.25) is 11.8 Å². The van der Waals surface area contributed by atoms with E-state index in [-0.39, 0.29) is 24.3 Å². The van der Waals surface area contributed by atoms with Crippen molar-refractivity contribution in [1.82, 2.24) is 9.80 Å². The molecule has 0 radical (unpaired) electrons. The van der Waals surface area contributed by atoms with Crippen molar-refractivity contribution in [3.8, 4) is 0 Å². The van der Waals surface area contributed by atoms with Crippen molar-refractivity contribution in [2.75, 3.05) is 37.7 Å². The van der Waals surface area contributed by atoms with E-state index in [2.05, 4.69) is 0 Å². The topological polar surface area (TPSA) is 90.4 Å². The molecule has 1 aromatic carbocycles. The SMILES string of the molecule is CCCN1CC=C[C@@]2(C)O[C@]34C=CCN(c5c(C)cccc5C)C(=O)C3N(CCCCO)C(=O)[C@@H]4[C@H]2C1=O. The summed E-state index contributed by atoms with van der Waals surface area (Å²) in [5.74, 6) is -2.05. The average molecular weight is 522 g/mol. The Morgan fingerprint density at radius 1 is 0.947 bits per heavy atom. The van der Waals surface area contributed by atoms with Crippen molar-refractivity contribution in [1.29, 1.82) is 0 Å². The Bertz CT molecular complexity index is 1170. The summed E-state index contributed by atoms with van der Waals surface area (Å²) in [6.07, 6.45) is 9.58. The summed E-state index contributed by atoms with van der Waals surface area (Å²) in [5, 5.41) is 9.41. The third-order valence-electron chi connectivity index (χ3n) is 8.65. The van der Waals surface area contributed by atoms with Gasteiger partial charge in [-0.1, -0.05) is 49.4 Å². The zero-order chi connectivity index (χ0) is 27.2. The summed E-state index contributed by atoms with van der Waals surface area (Å²) in [7, 11) is 0. The lowest BCUT2D eigenvalue weighted by molar-refractivity contribution is -0.148. The first-order chi connectivity index (χ1) is 18.2. The second-order valence-corrected chi connectivity index (χ2v) is 11.2. The number of aryl methyl sites for hydroxylation is 2. The molecule has 2 fully saturated rings. The number of anilines is 1. The lowest BCUT2D eigenvalue weighted by Crippen LogP contribution is -2.56. The number of likely N-dealkylation sites (tertiary alicyclic amines) is 1. The number of para-hydroxylation sites is 1. The molecule has 1 N–H and O–H groups in total. The van der Waals surface area contributed by atoms with Crippen LogP contribution in [0, 0.1) is 25.7 Å². The quantitative estimate of drug-likeness (QED) is 0.440. The Hall–Kier alpha value is -2.97. The van der Waals surface area contributed by atoms with Crippen molar-refractivity contribution in [2.45, 2.75) is 64.2 Å². The number of hydrogen-bond donors (Lipinski definition) is 1. The highest BCUT2D eigenvalue weighted by Crippen LogP contribution is 2.57. The zero-order valence-electron chi connectivity index (χ0n) is 22.9. The predicted molar refractivity (Wildman–Crippen MR) is 144 cm³/mol. The van der Waals surface area contributed by atoms with E-state index in [0.29, 0.717) is 39.0 Å². The van der Waals surface area contributed by atoms with E-state index in [0.717, 1.165) is 23.2 Å². The van der Waals surface area contributed by atoms with Gasteiger partial charge in [-0.25, -0.2) is 0 Å². The first-order valence-corrected chi connectivity index (χ1v) is 13.8. The van der Waals surface area contributed by atoms with Crippen LogP contribution >= 0.6 is 0 Å². The summed E-state index contributed by atoms with van der Waals surface area (Å²) in [4.78, 5) is 48.0. The molecule has 0 aliphatic carbocycles. The lowest BCUT2D eigenvalue weighted by Gasteiger charge is -2.38. The number of aliphatic hydroxyl groups excluding tert-OH is 1. The minimum atomic E-state index is -1.26. The number of nitrogens with zero attached hydrogens (tertiary/aromatic N) is 3. The molecule has 5 rings (SSSR count). The molecule has 1 unspecified atom stereocenters. The van der Waals surface area contributed by atoms with E-state index >= 15 is 0 Å². The van der Waals surface area contributed by atoms with Crippen molar-refractivity contribution >= 4 is 23.4 Å². The van der Waals surface area contributed by atoms with Crippen LogP contribution < -0.4 is 4.90 Å². The molecule has 4 aliphatic rings. The Balaban J connectivity index is 1.64. The Morgan fingerprint density at radius 3 is 2.34 bits per heavy atom. The van der Waals surface area contributed by atoms with Gasteiger partial charge in [0.15, 0.2) is 0 Å². The second kappa shape index (κ2) is 9.97. The number of fused-ring (bicyclic) bond motifs is 2. The summed E-state index contributed by atoms with van der Waals surface area (Å²) in [5.41, 5.74) is 0.538. The van der Waals surface area contributed by atoms with Gasteiger partial charge in [-0.3, -0.25) is 14.4 Å². The molecule has 0 saturated carbocycles. The van der Waals surface area contributed by atoms with Crippen LogP contribution in [0.5, 0.6) is 0 Å². The Kier molecular flexibility index (Phi) is 6.99. The number of rotatable bonds is 7. The first-order valence-electron chi connectivity index (χ1n) is 13.8. The Labute approximate surface area is 224 Å². The summed E-state index contributed by atoms with van der Waals surface area (Å²) >= 11 is 0. The zero-order valence-corrected chi connectivity index (χ0v) is 22.9. The number of benzene rings is 1. The van der Waals surface area contributed by atoms with Crippen LogP contribution in [0.25, 0.3) is 0 Å². The van der Waals surface area contributed by atoms with Crippen LogP contribution in [0.2, 0.25) is 0 Å². The van der Waals surface area contributed by atoms with Gasteiger partial charge in [0.1, 0.15) is 11.6 Å². The highest BCUT2D eigenvalue weighted by atomic mass is 16.5. The molecule has 4 aliphatic heterocycles. The molecular formula is C30H39N3O5. The summed E-state index contributed by atoms with van der Waals surface area (Å²) in [6.45, 7) is 9.64. The number of carbonyl (C=O) groups is 3. The third kappa shape index (κ3) is 3.92. The fraction of sp³-hybridized carbons (Fsp3) is 0.567. The highest BCUT2D eigenvalue weighted by molar-refractivity contribution is 6.06. The number of carbonyl (C=O) groups excluding carboxylic acids is 3. The van der Waals surface area contributed by atoms with Crippen molar-refractivity contribution < 1.29 is 24.2 Å². The van der Waals surface area contributed by atoms with Gasteiger partial charge in [-0.15, -0.1) is 0 Å². The van der Waals surface area contributed by atoms with E-state index in [1.165, 1.54) is 0 Å². The second-order valence-electron chi connectivity index (χ2n) is 11.2. The molecule has 204 valence electrons. The molecule has 4 heterocycles. The maximum atomic E-state index is 14.5. The molecule has 8 heteroatoms. The van der Waals surface area contributed by atoms with Gasteiger partial charge in [-0.05, 0) is 51.2 Å². The Morgan fingerprint density at radius 2 is 1.66 bits per heavy atom. The fourth-order valence-electron chi connectivity index (χ4n) is 7.11. The molecule has 8 nitrogen and oxygen atoms in total. The molecular weight excluding hydrogens is 482 g/mol. The highest BCUT2D eigenvalue weighted by Gasteiger charge is 2.74. The normalized spacial score (nSPS) is 32.4. The third-order valence-corrected chi connectivity index (χ3v) is 8.65. The number of aliphatic hydroxyl groups is 1. The number of unbranched alkanes of at least 4 members (excludes halogenated alkanes) is 1. The van der Waals surface area contributed by atoms with Gasteiger partial charge in [0.25, 0.3) is 5.91 Å². The van der Waals surface area contributed by atoms with Gasteiger partial charge in [0.05, 0.1) is 17.4 Å². The standard InChI is InChI=1S/C30H39N3O5/c1-5-15-31-16-9-13-29(4)22(26(31)35)23-27(36)33(17-6-7-19-34)25-28(37)32(18-10-14-30(23,25)38-29)24-20(2)11-8-12-21(24)3/h8-14,22-23,25,34H,5-7,15-19H2,1-4H3/t22-,23-,25?,29+,30-/m0/s1. The predicted octanol–water partition coefficient (Wildman–Crippen LogP) is 2.76. The monoisotopic (exact) mass is 521 g/mol. The van der Waals surface area contributed by atoms with Gasteiger partial charge >= 0.3 is 0 Å². The number of amides is 3. The van der Waals surface area contributed by atoms with Crippen LogP contribution in [0.1, 0.15) is 44.2 Å². The number of ether oxygens (including phenoxy) is 1. The van der Waals surface area contributed by atoms with Gasteiger partial charge in [0, 0.05) is 38.5 Å². The van der Waals surface area contributed by atoms with Crippen LogP contribution in [0.15, 0.2) is 42.5 Å². The molecule has 1 aromatic rings. The van der Waals surface area contributed by atoms with Crippen molar-refractivity contribution in [2.24, 2.45) is 11.8 Å². The van der Waals surface area contributed by atoms with Gasteiger partial charge < -0.3 is 24.5 Å². The van der Waals surface area contributed by atoms with E-state index in [4.69, 9.17) is 4.74 Å². The largest absolute Gasteiger partial charge is 0.396 e. The van der Waals surface area contributed by atoms with E-state index in [9.17, 15) is 19.5 Å². The molecule has 5 atom stereocenters. The fourth-order valence-corrected chi connectivity index (χ4v) is 7.11. The molecule has 38 heavy (non-hydrogen) atoms. The van der Waals surface area contributed by atoms with Crippen molar-refractivity contribution in [3.63, 3.8) is 0 Å². The van der Waals surface area contributed by atoms with Crippen LogP contribution in [-0.2, 0) is 19.1 Å². The summed E-state index contributed by atoms with van der Waals surface area (Å²) in [6, 6.07) is 5.04. The minimum absolute atomic E-state index is 0.0100. The summed E-state index contributed by atoms with van der Waals surface area (Å²) < 4.78 is 6.87. The van der Waals surface area contributed by atoms with E-state index < -0.39 is 29.1 Å². The van der Waals surface area contributed by atoms with E-state index in [1.54, 1.807) is 14.7 Å². The lowest BCUT2D eigenvalue weighted by atomic mass is 9.74. The van der Waals surface area contributed by atoms with Gasteiger partial charge in [-0.2, -0.15) is 0 Å². The van der Waals surface area contributed by atoms with Crippen molar-refractivity contribution in [3.05, 3.63) is 53.6 Å². The minimum Gasteiger partial charge on any atom is -0.396 e. The molecule has 0 bridgehead atoms. The van der Waals surface area contributed by atoms with E-state index in [1.807, 2.05) is 70.2 Å².